The van der Waals surface area contributed by atoms with Gasteiger partial charge in [0.05, 0.1) is 17.3 Å². The summed E-state index contributed by atoms with van der Waals surface area (Å²) in [7, 11) is 0. The highest BCUT2D eigenvalue weighted by molar-refractivity contribution is 6.34. The summed E-state index contributed by atoms with van der Waals surface area (Å²) in [6.45, 7) is 6.39. The van der Waals surface area contributed by atoms with Gasteiger partial charge in [-0.2, -0.15) is 0 Å². The summed E-state index contributed by atoms with van der Waals surface area (Å²) >= 11 is 6.24. The highest BCUT2D eigenvalue weighted by Crippen LogP contribution is 2.27. The van der Waals surface area contributed by atoms with Crippen LogP contribution in [0, 0.1) is 13.8 Å². The predicted octanol–water partition coefficient (Wildman–Crippen LogP) is 4.61. The Labute approximate surface area is 154 Å². The van der Waals surface area contributed by atoms with Crippen LogP contribution in [0.15, 0.2) is 36.4 Å². The van der Waals surface area contributed by atoms with E-state index in [9.17, 15) is 4.79 Å². The summed E-state index contributed by atoms with van der Waals surface area (Å²) in [6.07, 6.45) is 2.53. The number of anilines is 3. The summed E-state index contributed by atoms with van der Waals surface area (Å²) in [5.74, 6) is -0.113. The minimum Gasteiger partial charge on any atom is -0.376 e. The molecule has 3 rings (SSSR count). The summed E-state index contributed by atoms with van der Waals surface area (Å²) in [5.41, 5.74) is 4.91. The first-order chi connectivity index (χ1) is 12.0. The molecule has 0 aromatic heterocycles. The molecule has 1 amide bonds. The number of halogens is 1. The van der Waals surface area contributed by atoms with Crippen molar-refractivity contribution in [2.24, 2.45) is 0 Å². The van der Waals surface area contributed by atoms with E-state index in [0.29, 0.717) is 10.7 Å². The Morgan fingerprint density at radius 2 is 1.80 bits per heavy atom. The van der Waals surface area contributed by atoms with Crippen LogP contribution >= 0.6 is 11.6 Å². The Hall–Kier alpha value is -2.20. The van der Waals surface area contributed by atoms with Crippen molar-refractivity contribution in [1.29, 1.82) is 0 Å². The zero-order valence-electron chi connectivity index (χ0n) is 14.7. The molecular formula is C20H24ClN3O. The average molecular weight is 358 g/mol. The van der Waals surface area contributed by atoms with Crippen LogP contribution in [0.2, 0.25) is 5.02 Å². The quantitative estimate of drug-likeness (QED) is 0.821. The predicted molar refractivity (Wildman–Crippen MR) is 106 cm³/mol. The molecule has 2 N–H and O–H groups in total. The number of nitrogens with one attached hydrogen (secondary N) is 2. The van der Waals surface area contributed by atoms with Crippen molar-refractivity contribution in [3.8, 4) is 0 Å². The molecule has 0 atom stereocenters. The van der Waals surface area contributed by atoms with E-state index in [0.717, 1.165) is 29.9 Å². The second-order valence-corrected chi connectivity index (χ2v) is 6.99. The van der Waals surface area contributed by atoms with Crippen LogP contribution in [0.1, 0.15) is 24.0 Å². The maximum Gasteiger partial charge on any atom is 0.243 e. The van der Waals surface area contributed by atoms with Gasteiger partial charge in [-0.05, 0) is 68.1 Å². The van der Waals surface area contributed by atoms with E-state index in [1.807, 2.05) is 38.1 Å². The molecule has 2 aromatic rings. The van der Waals surface area contributed by atoms with Crippen LogP contribution in [0.4, 0.5) is 17.1 Å². The molecule has 2 aromatic carbocycles. The Morgan fingerprint density at radius 3 is 2.44 bits per heavy atom. The highest BCUT2D eigenvalue weighted by atomic mass is 35.5. The summed E-state index contributed by atoms with van der Waals surface area (Å²) < 4.78 is 0. The number of benzene rings is 2. The first-order valence-electron chi connectivity index (χ1n) is 8.68. The molecule has 5 heteroatoms. The van der Waals surface area contributed by atoms with Gasteiger partial charge in [0.15, 0.2) is 0 Å². The molecule has 0 aliphatic carbocycles. The lowest BCUT2D eigenvalue weighted by atomic mass is 10.1. The number of hydrogen-bond donors (Lipinski definition) is 2. The van der Waals surface area contributed by atoms with Gasteiger partial charge in [-0.25, -0.2) is 0 Å². The normalized spacial score (nSPS) is 13.8. The summed E-state index contributed by atoms with van der Waals surface area (Å²) in [4.78, 5) is 14.6. The van der Waals surface area contributed by atoms with Crippen molar-refractivity contribution >= 4 is 34.6 Å². The molecule has 1 fully saturated rings. The number of carbonyl (C=O) groups excluding carboxylic acids is 1. The maximum atomic E-state index is 12.2. The van der Waals surface area contributed by atoms with Crippen LogP contribution in [0.25, 0.3) is 0 Å². The first kappa shape index (κ1) is 17.6. The van der Waals surface area contributed by atoms with Gasteiger partial charge in [0, 0.05) is 24.5 Å². The van der Waals surface area contributed by atoms with Gasteiger partial charge < -0.3 is 15.5 Å². The minimum absolute atomic E-state index is 0.113. The Morgan fingerprint density at radius 1 is 1.12 bits per heavy atom. The molecule has 0 saturated carbocycles. The molecule has 0 bridgehead atoms. The fourth-order valence-electron chi connectivity index (χ4n) is 3.21. The van der Waals surface area contributed by atoms with Crippen LogP contribution < -0.4 is 15.5 Å². The molecule has 1 saturated heterocycles. The molecule has 0 unspecified atom stereocenters. The van der Waals surface area contributed by atoms with Gasteiger partial charge in [-0.3, -0.25) is 4.79 Å². The third-order valence-electron chi connectivity index (χ3n) is 4.49. The molecule has 4 nitrogen and oxygen atoms in total. The second-order valence-electron chi connectivity index (χ2n) is 6.58. The Bertz CT molecular complexity index is 729. The fraction of sp³-hybridized carbons (Fsp3) is 0.350. The number of aryl methyl sites for hydroxylation is 2. The molecule has 25 heavy (non-hydrogen) atoms. The van der Waals surface area contributed by atoms with Gasteiger partial charge in [0.1, 0.15) is 0 Å². The zero-order valence-corrected chi connectivity index (χ0v) is 15.5. The summed E-state index contributed by atoms with van der Waals surface area (Å²) in [5, 5.41) is 6.62. The lowest BCUT2D eigenvalue weighted by molar-refractivity contribution is -0.114. The van der Waals surface area contributed by atoms with Crippen LogP contribution in [-0.2, 0) is 4.79 Å². The van der Waals surface area contributed by atoms with Gasteiger partial charge >= 0.3 is 0 Å². The largest absolute Gasteiger partial charge is 0.376 e. The third kappa shape index (κ3) is 4.45. The van der Waals surface area contributed by atoms with E-state index >= 15 is 0 Å². The van der Waals surface area contributed by atoms with E-state index in [-0.39, 0.29) is 12.5 Å². The van der Waals surface area contributed by atoms with Crippen molar-refractivity contribution in [2.45, 2.75) is 26.7 Å². The lowest BCUT2D eigenvalue weighted by Crippen LogP contribution is -2.22. The van der Waals surface area contributed by atoms with Gasteiger partial charge in [-0.15, -0.1) is 0 Å². The standard InChI is InChI=1S/C20H24ClN3O/c1-14-11-15(2)20(18(21)12-14)23-19(25)13-22-16-5-7-17(8-6-16)24-9-3-4-10-24/h5-8,11-12,22H,3-4,9-10,13H2,1-2H3,(H,23,25). The monoisotopic (exact) mass is 357 g/mol. The number of nitrogens with zero attached hydrogens (tertiary/aromatic N) is 1. The van der Waals surface area contributed by atoms with Gasteiger partial charge in [-0.1, -0.05) is 17.7 Å². The number of rotatable bonds is 5. The second kappa shape index (κ2) is 7.79. The van der Waals surface area contributed by atoms with Crippen LogP contribution in [0.3, 0.4) is 0 Å². The number of amides is 1. The average Bonchev–Trinajstić information content (AvgIpc) is 3.11. The third-order valence-corrected chi connectivity index (χ3v) is 4.79. The van der Waals surface area contributed by atoms with E-state index in [1.165, 1.54) is 18.5 Å². The number of carbonyl (C=O) groups is 1. The molecule has 0 spiro atoms. The Balaban J connectivity index is 1.55. The molecule has 1 heterocycles. The smallest absolute Gasteiger partial charge is 0.243 e. The van der Waals surface area contributed by atoms with E-state index in [1.54, 1.807) is 0 Å². The highest BCUT2D eigenvalue weighted by Gasteiger charge is 2.12. The van der Waals surface area contributed by atoms with Crippen LogP contribution in [-0.4, -0.2) is 25.5 Å². The molecule has 0 radical (unpaired) electrons. The van der Waals surface area contributed by atoms with Crippen molar-refractivity contribution in [3.05, 3.63) is 52.5 Å². The van der Waals surface area contributed by atoms with Crippen molar-refractivity contribution in [1.82, 2.24) is 0 Å². The minimum atomic E-state index is -0.113. The van der Waals surface area contributed by atoms with Crippen LogP contribution in [0.5, 0.6) is 0 Å². The van der Waals surface area contributed by atoms with E-state index in [4.69, 9.17) is 11.6 Å². The SMILES string of the molecule is Cc1cc(C)c(NC(=O)CNc2ccc(N3CCCC3)cc2)c(Cl)c1. The van der Waals surface area contributed by atoms with E-state index in [2.05, 4.69) is 27.7 Å². The maximum absolute atomic E-state index is 12.2. The molecular weight excluding hydrogens is 334 g/mol. The molecule has 132 valence electrons. The van der Waals surface area contributed by atoms with Crippen molar-refractivity contribution < 1.29 is 4.79 Å². The van der Waals surface area contributed by atoms with Crippen molar-refractivity contribution in [2.75, 3.05) is 35.2 Å². The molecule has 1 aliphatic heterocycles. The number of hydrogen-bond acceptors (Lipinski definition) is 3. The van der Waals surface area contributed by atoms with Gasteiger partial charge in [0.2, 0.25) is 5.91 Å². The zero-order chi connectivity index (χ0) is 17.8. The Kier molecular flexibility index (Phi) is 5.49. The lowest BCUT2D eigenvalue weighted by Gasteiger charge is -2.18. The fourth-order valence-corrected chi connectivity index (χ4v) is 3.57. The first-order valence-corrected chi connectivity index (χ1v) is 9.06. The van der Waals surface area contributed by atoms with Crippen molar-refractivity contribution in [3.63, 3.8) is 0 Å². The van der Waals surface area contributed by atoms with E-state index < -0.39 is 0 Å². The topological polar surface area (TPSA) is 44.4 Å². The molecule has 1 aliphatic rings. The summed E-state index contributed by atoms with van der Waals surface area (Å²) in [6, 6.07) is 12.1. The van der Waals surface area contributed by atoms with Gasteiger partial charge in [0.25, 0.3) is 0 Å².